The van der Waals surface area contributed by atoms with E-state index in [1.165, 1.54) is 4.90 Å². The summed E-state index contributed by atoms with van der Waals surface area (Å²) in [6.45, 7) is 5.20. The highest BCUT2D eigenvalue weighted by Gasteiger charge is 2.36. The predicted octanol–water partition coefficient (Wildman–Crippen LogP) is 3.00. The van der Waals surface area contributed by atoms with Gasteiger partial charge >= 0.3 is 6.03 Å². The van der Waals surface area contributed by atoms with Crippen LogP contribution in [-0.2, 0) is 9.59 Å². The molecule has 4 amide bonds. The average molecular weight is 345 g/mol. The number of nitrogens with one attached hydrogen (secondary N) is 1. The van der Waals surface area contributed by atoms with Crippen molar-refractivity contribution >= 4 is 23.6 Å². The van der Waals surface area contributed by atoms with E-state index in [4.69, 9.17) is 0 Å². The number of hydrogen-bond acceptors (Lipinski definition) is 3. The molecule has 0 bridgehead atoms. The van der Waals surface area contributed by atoms with E-state index in [9.17, 15) is 14.4 Å². The Morgan fingerprint density at radius 1 is 1.16 bits per heavy atom. The zero-order valence-electron chi connectivity index (χ0n) is 15.1. The molecular formula is C19H27N3O3. The van der Waals surface area contributed by atoms with Crippen molar-refractivity contribution in [2.45, 2.75) is 52.4 Å². The van der Waals surface area contributed by atoms with Crippen molar-refractivity contribution in [2.24, 2.45) is 10.9 Å². The summed E-state index contributed by atoms with van der Waals surface area (Å²) in [7, 11) is 0. The van der Waals surface area contributed by atoms with Gasteiger partial charge in [-0.2, -0.15) is 4.99 Å². The third kappa shape index (κ3) is 4.87. The molecular weight excluding hydrogens is 318 g/mol. The van der Waals surface area contributed by atoms with E-state index in [0.29, 0.717) is 24.4 Å². The molecule has 25 heavy (non-hydrogen) atoms. The minimum Gasteiger partial charge on any atom is -0.352 e. The van der Waals surface area contributed by atoms with E-state index in [1.54, 1.807) is 18.2 Å². The number of urea groups is 1. The number of hydrogen-bond donors (Lipinski definition) is 1. The molecule has 0 radical (unpaired) electrons. The second-order valence-corrected chi connectivity index (χ2v) is 6.42. The second kappa shape index (κ2) is 9.30. The van der Waals surface area contributed by atoms with E-state index in [2.05, 4.69) is 24.2 Å². The molecule has 0 saturated heterocycles. The van der Waals surface area contributed by atoms with Crippen LogP contribution in [0.1, 0.15) is 52.4 Å². The van der Waals surface area contributed by atoms with Crippen LogP contribution in [0.5, 0.6) is 0 Å². The number of imide groups is 1. The van der Waals surface area contributed by atoms with E-state index in [0.717, 1.165) is 38.5 Å². The fourth-order valence-corrected chi connectivity index (χ4v) is 2.89. The maximum absolute atomic E-state index is 12.5. The summed E-state index contributed by atoms with van der Waals surface area (Å²) in [4.78, 5) is 42.1. The number of amides is 4. The van der Waals surface area contributed by atoms with Crippen molar-refractivity contribution in [1.29, 1.82) is 0 Å². The van der Waals surface area contributed by atoms with Crippen LogP contribution in [0.4, 0.5) is 4.79 Å². The summed E-state index contributed by atoms with van der Waals surface area (Å²) in [6.07, 6.45) is 10.8. The lowest BCUT2D eigenvalue weighted by atomic mass is 9.91. The molecule has 1 atom stereocenters. The van der Waals surface area contributed by atoms with Gasteiger partial charge in [0.2, 0.25) is 5.91 Å². The first kappa shape index (κ1) is 19.1. The van der Waals surface area contributed by atoms with Crippen LogP contribution in [0.25, 0.3) is 0 Å². The Labute approximate surface area is 149 Å². The highest BCUT2D eigenvalue weighted by atomic mass is 16.2. The van der Waals surface area contributed by atoms with E-state index < -0.39 is 11.9 Å². The summed E-state index contributed by atoms with van der Waals surface area (Å²) < 4.78 is 0. The number of carbonyl (C=O) groups is 3. The third-order valence-electron chi connectivity index (χ3n) is 4.39. The van der Waals surface area contributed by atoms with Gasteiger partial charge in [0.15, 0.2) is 0 Å². The number of allylic oxidation sites excluding steroid dienone is 1. The zero-order chi connectivity index (χ0) is 18.2. The maximum atomic E-state index is 12.5. The lowest BCUT2D eigenvalue weighted by molar-refractivity contribution is -0.129. The van der Waals surface area contributed by atoms with Gasteiger partial charge in [-0.05, 0) is 18.9 Å². The number of fused-ring (bicyclic) bond motifs is 1. The second-order valence-electron chi connectivity index (χ2n) is 6.42. The Kier molecular flexibility index (Phi) is 7.10. The Hall–Kier alpha value is -2.24. The molecule has 0 aromatic heterocycles. The van der Waals surface area contributed by atoms with Crippen LogP contribution >= 0.6 is 0 Å². The largest absolute Gasteiger partial charge is 0.352 e. The van der Waals surface area contributed by atoms with Gasteiger partial charge in [-0.15, -0.1) is 0 Å². The number of rotatable bonds is 9. The first-order valence-corrected chi connectivity index (χ1v) is 9.20. The molecule has 0 aromatic rings. The van der Waals surface area contributed by atoms with E-state index in [-0.39, 0.29) is 11.8 Å². The number of nitrogens with zero attached hydrogens (tertiary/aromatic N) is 2. The SMILES string of the molecule is CCCCCNC(=O)C1=CC2=NC(=O)N(CCCCC)C(=O)C2C=C1. The Balaban J connectivity index is 2.02. The van der Waals surface area contributed by atoms with Gasteiger partial charge in [-0.25, -0.2) is 4.79 Å². The van der Waals surface area contributed by atoms with Gasteiger partial charge in [-0.1, -0.05) is 51.7 Å². The minimum atomic E-state index is -0.559. The van der Waals surface area contributed by atoms with Crippen LogP contribution in [0.3, 0.4) is 0 Å². The van der Waals surface area contributed by atoms with E-state index >= 15 is 0 Å². The number of unbranched alkanes of at least 4 members (excludes halogenated alkanes) is 4. The summed E-state index contributed by atoms with van der Waals surface area (Å²) in [6, 6.07) is -0.526. The van der Waals surface area contributed by atoms with Crippen molar-refractivity contribution in [3.05, 3.63) is 23.8 Å². The number of carbonyl (C=O) groups excluding carboxylic acids is 3. The normalized spacial score (nSPS) is 19.4. The van der Waals surface area contributed by atoms with Gasteiger partial charge in [0.25, 0.3) is 5.91 Å². The predicted molar refractivity (Wildman–Crippen MR) is 97.3 cm³/mol. The monoisotopic (exact) mass is 345 g/mol. The lowest BCUT2D eigenvalue weighted by Crippen LogP contribution is -2.46. The zero-order valence-corrected chi connectivity index (χ0v) is 15.1. The molecule has 0 aromatic carbocycles. The molecule has 1 heterocycles. The third-order valence-corrected chi connectivity index (χ3v) is 4.39. The average Bonchev–Trinajstić information content (AvgIpc) is 2.61. The molecule has 2 aliphatic rings. The highest BCUT2D eigenvalue weighted by molar-refractivity contribution is 6.23. The standard InChI is InChI=1S/C19H27N3O3/c1-3-5-7-11-20-17(23)14-9-10-15-16(13-14)21-19(25)22(18(15)24)12-8-6-4-2/h9-10,13,15H,3-8,11-12H2,1-2H3,(H,20,23). The summed E-state index contributed by atoms with van der Waals surface area (Å²) in [5.74, 6) is -1.00. The lowest BCUT2D eigenvalue weighted by Gasteiger charge is -2.29. The van der Waals surface area contributed by atoms with E-state index in [1.807, 2.05) is 0 Å². The Morgan fingerprint density at radius 2 is 1.88 bits per heavy atom. The summed E-state index contributed by atoms with van der Waals surface area (Å²) in [5, 5.41) is 2.85. The Bertz CT molecular complexity index is 619. The van der Waals surface area contributed by atoms with Crippen molar-refractivity contribution in [1.82, 2.24) is 10.2 Å². The van der Waals surface area contributed by atoms with Crippen LogP contribution < -0.4 is 5.32 Å². The van der Waals surface area contributed by atoms with Crippen LogP contribution in [0.15, 0.2) is 28.8 Å². The van der Waals surface area contributed by atoms with Gasteiger partial charge in [0.1, 0.15) is 0 Å². The van der Waals surface area contributed by atoms with Crippen LogP contribution in [0, 0.1) is 5.92 Å². The molecule has 1 unspecified atom stereocenters. The first-order valence-electron chi connectivity index (χ1n) is 9.20. The van der Waals surface area contributed by atoms with Gasteiger partial charge in [0, 0.05) is 18.7 Å². The van der Waals surface area contributed by atoms with Crippen molar-refractivity contribution in [3.63, 3.8) is 0 Å². The van der Waals surface area contributed by atoms with Gasteiger partial charge in [-0.3, -0.25) is 14.5 Å². The van der Waals surface area contributed by atoms with Gasteiger partial charge in [0.05, 0.1) is 11.6 Å². The van der Waals surface area contributed by atoms with Crippen LogP contribution in [-0.4, -0.2) is 41.5 Å². The maximum Gasteiger partial charge on any atom is 0.350 e. The topological polar surface area (TPSA) is 78.8 Å². The van der Waals surface area contributed by atoms with Crippen molar-refractivity contribution < 1.29 is 14.4 Å². The molecule has 6 heteroatoms. The molecule has 1 N–H and O–H groups in total. The smallest absolute Gasteiger partial charge is 0.350 e. The number of aliphatic imine (C=N–C) groups is 1. The fourth-order valence-electron chi connectivity index (χ4n) is 2.89. The molecule has 0 saturated carbocycles. The molecule has 0 spiro atoms. The quantitative estimate of drug-likeness (QED) is 0.653. The Morgan fingerprint density at radius 3 is 2.60 bits per heavy atom. The molecule has 1 aliphatic heterocycles. The fraction of sp³-hybridized carbons (Fsp3) is 0.579. The summed E-state index contributed by atoms with van der Waals surface area (Å²) in [5.41, 5.74) is 0.800. The van der Waals surface area contributed by atoms with Crippen molar-refractivity contribution in [3.8, 4) is 0 Å². The van der Waals surface area contributed by atoms with Crippen molar-refractivity contribution in [2.75, 3.05) is 13.1 Å². The summed E-state index contributed by atoms with van der Waals surface area (Å²) >= 11 is 0. The molecule has 6 nitrogen and oxygen atoms in total. The molecule has 1 aliphatic carbocycles. The first-order chi connectivity index (χ1) is 12.1. The minimum absolute atomic E-state index is 0.196. The molecule has 136 valence electrons. The highest BCUT2D eigenvalue weighted by Crippen LogP contribution is 2.22. The van der Waals surface area contributed by atoms with Crippen LogP contribution in [0.2, 0.25) is 0 Å². The molecule has 0 fully saturated rings. The molecule has 2 rings (SSSR count). The van der Waals surface area contributed by atoms with Gasteiger partial charge < -0.3 is 5.32 Å².